The van der Waals surface area contributed by atoms with Crippen molar-refractivity contribution in [2.75, 3.05) is 38.6 Å². The normalized spacial score (nSPS) is 14.9. The van der Waals surface area contributed by atoms with E-state index in [2.05, 4.69) is 20.4 Å². The standard InChI is InChI=1S/C27H38N6O6S/c1-18(2)21-15-22(24(35)16-23(21)34)25-30-31-26(27(36)29-9-3-4-14-40(28,37)38)33(25)20-7-5-19(6-8-20)17-32-10-12-39-13-11-32/h5-8,15-16,18,34-35,37-38H,3-4,9-14,17,28H2,1-2H3,(H,29,36). The number of unbranched alkanes of at least 4 members (excludes halogenated alkanes) is 1. The van der Waals surface area contributed by atoms with Crippen LogP contribution in [0.3, 0.4) is 0 Å². The number of amides is 1. The number of aromatic hydroxyl groups is 2. The van der Waals surface area contributed by atoms with Gasteiger partial charge >= 0.3 is 0 Å². The minimum Gasteiger partial charge on any atom is -0.508 e. The Labute approximate surface area is 235 Å². The molecule has 2 heterocycles. The van der Waals surface area contributed by atoms with E-state index in [0.29, 0.717) is 42.9 Å². The molecule has 0 bridgehead atoms. The summed E-state index contributed by atoms with van der Waals surface area (Å²) in [6.45, 7) is 8.06. The van der Waals surface area contributed by atoms with Crippen molar-refractivity contribution < 1.29 is 28.8 Å². The van der Waals surface area contributed by atoms with Crippen LogP contribution in [0.5, 0.6) is 11.5 Å². The van der Waals surface area contributed by atoms with Crippen LogP contribution in [-0.4, -0.2) is 83.5 Å². The zero-order chi connectivity index (χ0) is 28.9. The maximum absolute atomic E-state index is 13.2. The molecular weight excluding hydrogens is 536 g/mol. The molecule has 1 amide bonds. The summed E-state index contributed by atoms with van der Waals surface area (Å²) in [6.07, 6.45) is 0.924. The number of nitrogens with two attached hydrogens (primary N) is 1. The number of nitrogens with zero attached hydrogens (tertiary/aromatic N) is 4. The molecule has 2 aromatic carbocycles. The van der Waals surface area contributed by atoms with Gasteiger partial charge in [-0.05, 0) is 48.1 Å². The molecule has 12 nitrogen and oxygen atoms in total. The van der Waals surface area contributed by atoms with Crippen LogP contribution < -0.4 is 10.5 Å². The van der Waals surface area contributed by atoms with Crippen LogP contribution >= 0.6 is 10.8 Å². The Bertz CT molecular complexity index is 1300. The lowest BCUT2D eigenvalue weighted by Gasteiger charge is -2.26. The van der Waals surface area contributed by atoms with E-state index >= 15 is 0 Å². The van der Waals surface area contributed by atoms with Crippen molar-refractivity contribution in [1.82, 2.24) is 25.0 Å². The summed E-state index contributed by atoms with van der Waals surface area (Å²) in [5.41, 5.74) is 2.69. The number of ether oxygens (including phenoxy) is 1. The predicted molar refractivity (Wildman–Crippen MR) is 154 cm³/mol. The van der Waals surface area contributed by atoms with Crippen molar-refractivity contribution in [3.63, 3.8) is 0 Å². The Balaban J connectivity index is 1.65. The van der Waals surface area contributed by atoms with Crippen LogP contribution in [0.1, 0.15) is 54.4 Å². The van der Waals surface area contributed by atoms with Crippen LogP contribution in [0.25, 0.3) is 17.1 Å². The lowest BCUT2D eigenvalue weighted by atomic mass is 9.98. The van der Waals surface area contributed by atoms with Crippen molar-refractivity contribution in [3.05, 3.63) is 53.3 Å². The molecule has 1 aliphatic heterocycles. The number of hydrogen-bond acceptors (Lipinski definition) is 10. The molecule has 0 saturated carbocycles. The van der Waals surface area contributed by atoms with Crippen molar-refractivity contribution in [2.45, 2.75) is 39.2 Å². The van der Waals surface area contributed by atoms with Gasteiger partial charge in [0.1, 0.15) is 11.5 Å². The summed E-state index contributed by atoms with van der Waals surface area (Å²) in [4.78, 5) is 15.5. The van der Waals surface area contributed by atoms with Crippen molar-refractivity contribution >= 4 is 16.7 Å². The fourth-order valence-electron chi connectivity index (χ4n) is 4.57. The van der Waals surface area contributed by atoms with Crippen LogP contribution in [0.15, 0.2) is 36.4 Å². The van der Waals surface area contributed by atoms with Gasteiger partial charge < -0.3 is 20.3 Å². The largest absolute Gasteiger partial charge is 0.508 e. The van der Waals surface area contributed by atoms with Crippen molar-refractivity contribution in [2.24, 2.45) is 5.14 Å². The lowest BCUT2D eigenvalue weighted by molar-refractivity contribution is 0.0342. The fraction of sp³-hybridized carbons (Fsp3) is 0.444. The van der Waals surface area contributed by atoms with E-state index in [9.17, 15) is 24.1 Å². The van der Waals surface area contributed by atoms with Gasteiger partial charge in [0, 0.05) is 37.9 Å². The van der Waals surface area contributed by atoms with E-state index < -0.39 is 16.7 Å². The fourth-order valence-corrected chi connectivity index (χ4v) is 5.20. The van der Waals surface area contributed by atoms with E-state index in [1.807, 2.05) is 38.1 Å². The van der Waals surface area contributed by atoms with E-state index in [4.69, 9.17) is 9.88 Å². The number of benzene rings is 2. The second kappa shape index (κ2) is 13.0. The molecule has 1 aromatic heterocycles. The highest BCUT2D eigenvalue weighted by Crippen LogP contribution is 2.38. The van der Waals surface area contributed by atoms with E-state index in [1.54, 1.807) is 10.6 Å². The average molecular weight is 575 g/mol. The van der Waals surface area contributed by atoms with Gasteiger partial charge in [0.15, 0.2) is 5.82 Å². The first kappa shape index (κ1) is 29.8. The summed E-state index contributed by atoms with van der Waals surface area (Å²) in [7, 11) is -3.07. The average Bonchev–Trinajstić information content (AvgIpc) is 3.33. The highest BCUT2D eigenvalue weighted by atomic mass is 32.3. The van der Waals surface area contributed by atoms with Crippen LogP contribution in [0.4, 0.5) is 0 Å². The van der Waals surface area contributed by atoms with Gasteiger partial charge in [-0.25, -0.2) is 5.14 Å². The minimum absolute atomic E-state index is 0.0232. The SMILES string of the molecule is CC(C)c1cc(-c2nnc(C(=O)NCCCCS(N)(O)O)n2-c2ccc(CN3CCOCC3)cc2)c(O)cc1O. The third-order valence-corrected chi connectivity index (χ3v) is 7.63. The van der Waals surface area contributed by atoms with Crippen molar-refractivity contribution in [1.29, 1.82) is 0 Å². The Kier molecular flexibility index (Phi) is 9.66. The summed E-state index contributed by atoms with van der Waals surface area (Å²) >= 11 is 0. The summed E-state index contributed by atoms with van der Waals surface area (Å²) in [5.74, 6) is -0.379. The van der Waals surface area contributed by atoms with Crippen molar-refractivity contribution in [3.8, 4) is 28.6 Å². The van der Waals surface area contributed by atoms with E-state index in [-0.39, 0.29) is 41.4 Å². The lowest BCUT2D eigenvalue weighted by Crippen LogP contribution is -2.35. The van der Waals surface area contributed by atoms with E-state index in [0.717, 1.165) is 25.2 Å². The molecule has 1 aliphatic rings. The van der Waals surface area contributed by atoms with Gasteiger partial charge in [0.2, 0.25) is 5.82 Å². The zero-order valence-electron chi connectivity index (χ0n) is 22.8. The number of aromatic nitrogens is 3. The molecule has 7 N–H and O–H groups in total. The minimum atomic E-state index is -3.07. The third-order valence-electron chi connectivity index (χ3n) is 6.74. The monoisotopic (exact) mass is 574 g/mol. The van der Waals surface area contributed by atoms with Gasteiger partial charge in [-0.15, -0.1) is 21.0 Å². The molecule has 0 spiro atoms. The first-order valence-electron chi connectivity index (χ1n) is 13.3. The Morgan fingerprint density at radius 2 is 1.77 bits per heavy atom. The maximum atomic E-state index is 13.2. The van der Waals surface area contributed by atoms with Gasteiger partial charge in [0.05, 0.1) is 24.5 Å². The number of carbonyl (C=O) groups is 1. The number of hydrogen-bond donors (Lipinski definition) is 6. The summed E-state index contributed by atoms with van der Waals surface area (Å²) in [5, 5.41) is 37.6. The molecule has 13 heteroatoms. The van der Waals surface area contributed by atoms with Gasteiger partial charge in [0.25, 0.3) is 5.91 Å². The summed E-state index contributed by atoms with van der Waals surface area (Å²) in [6, 6.07) is 10.7. The molecular formula is C27H38N6O6S. The molecule has 3 aromatic rings. The number of nitrogens with one attached hydrogen (secondary N) is 1. The molecule has 40 heavy (non-hydrogen) atoms. The zero-order valence-corrected chi connectivity index (χ0v) is 23.6. The Morgan fingerprint density at radius 1 is 1.07 bits per heavy atom. The number of carbonyl (C=O) groups excluding carboxylic acids is 1. The number of rotatable bonds is 11. The topological polar surface area (TPSA) is 179 Å². The van der Waals surface area contributed by atoms with Crippen LogP contribution in [0, 0.1) is 0 Å². The molecule has 0 atom stereocenters. The third kappa shape index (κ3) is 7.50. The molecule has 1 saturated heterocycles. The maximum Gasteiger partial charge on any atom is 0.289 e. The number of phenols is 2. The molecule has 1 fully saturated rings. The molecule has 0 aliphatic carbocycles. The van der Waals surface area contributed by atoms with E-state index in [1.165, 1.54) is 6.07 Å². The highest BCUT2D eigenvalue weighted by molar-refractivity contribution is 8.22. The number of phenolic OH excluding ortho intramolecular Hbond substituents is 2. The smallest absolute Gasteiger partial charge is 0.289 e. The summed E-state index contributed by atoms with van der Waals surface area (Å²) < 4.78 is 25.7. The second-order valence-corrected chi connectivity index (χ2v) is 12.0. The van der Waals surface area contributed by atoms with Gasteiger partial charge in [-0.1, -0.05) is 26.0 Å². The molecule has 4 rings (SSSR count). The van der Waals surface area contributed by atoms with Crippen LogP contribution in [0.2, 0.25) is 0 Å². The molecule has 0 unspecified atom stereocenters. The first-order chi connectivity index (χ1) is 19.0. The van der Waals surface area contributed by atoms with Gasteiger partial charge in [-0.2, -0.15) is 0 Å². The molecule has 218 valence electrons. The predicted octanol–water partition coefficient (Wildman–Crippen LogP) is 3.44. The van der Waals surface area contributed by atoms with Crippen LogP contribution in [-0.2, 0) is 11.3 Å². The quantitative estimate of drug-likeness (QED) is 0.186. The Morgan fingerprint density at radius 3 is 2.42 bits per heavy atom. The van der Waals surface area contributed by atoms with Gasteiger partial charge in [-0.3, -0.25) is 23.4 Å². The number of morpholine rings is 1. The first-order valence-corrected chi connectivity index (χ1v) is 15.0. The Hall–Kier alpha value is -3.20. The molecule has 0 radical (unpaired) electrons. The highest BCUT2D eigenvalue weighted by Gasteiger charge is 2.24. The second-order valence-electron chi connectivity index (χ2n) is 10.2.